The maximum atomic E-state index is 13.4. The molecule has 2 atom stereocenters. The summed E-state index contributed by atoms with van der Waals surface area (Å²) in [5, 5.41) is 2.84. The fraction of sp³-hybridized carbons (Fsp3) is 0.385. The molecule has 2 fully saturated rings. The van der Waals surface area contributed by atoms with E-state index in [2.05, 4.69) is 5.32 Å². The van der Waals surface area contributed by atoms with Crippen LogP contribution in [0, 0.1) is 5.82 Å². The molecule has 10 heteroatoms. The van der Waals surface area contributed by atoms with Crippen LogP contribution in [0.2, 0.25) is 0 Å². The number of rotatable bonds is 5. The SMILES string of the molecule is COC(=O)[C@@H](c1ccc(F)cc1)N1CCN(C(=O)CN2C(=O)N[C@]3(CCc4ccccc43)C2=O)CC1. The van der Waals surface area contributed by atoms with Gasteiger partial charge in [0, 0.05) is 26.2 Å². The molecule has 1 N–H and O–H groups in total. The number of esters is 1. The van der Waals surface area contributed by atoms with Gasteiger partial charge in [-0.25, -0.2) is 14.0 Å². The zero-order valence-electron chi connectivity index (χ0n) is 19.9. The number of nitrogens with zero attached hydrogens (tertiary/aromatic N) is 3. The van der Waals surface area contributed by atoms with Crippen LogP contribution in [0.1, 0.15) is 29.2 Å². The van der Waals surface area contributed by atoms with Gasteiger partial charge in [-0.2, -0.15) is 0 Å². The predicted molar refractivity (Wildman–Crippen MR) is 126 cm³/mol. The first-order chi connectivity index (χ1) is 17.3. The summed E-state index contributed by atoms with van der Waals surface area (Å²) < 4.78 is 18.3. The van der Waals surface area contributed by atoms with E-state index in [1.807, 2.05) is 29.2 Å². The summed E-state index contributed by atoms with van der Waals surface area (Å²) >= 11 is 0. The molecule has 1 spiro atoms. The van der Waals surface area contributed by atoms with Crippen LogP contribution in [0.5, 0.6) is 0 Å². The van der Waals surface area contributed by atoms with Gasteiger partial charge in [0.1, 0.15) is 23.9 Å². The van der Waals surface area contributed by atoms with Gasteiger partial charge in [0.15, 0.2) is 0 Å². The Kier molecular flexibility index (Phi) is 6.21. The number of ether oxygens (including phenoxy) is 1. The highest BCUT2D eigenvalue weighted by Gasteiger charge is 2.55. The molecule has 36 heavy (non-hydrogen) atoms. The number of hydrogen-bond acceptors (Lipinski definition) is 6. The van der Waals surface area contributed by atoms with Crippen molar-refractivity contribution in [2.75, 3.05) is 39.8 Å². The highest BCUT2D eigenvalue weighted by molar-refractivity contribution is 6.09. The molecular weight excluding hydrogens is 467 g/mol. The van der Waals surface area contributed by atoms with E-state index < -0.39 is 35.3 Å². The van der Waals surface area contributed by atoms with E-state index in [0.717, 1.165) is 16.0 Å². The minimum Gasteiger partial charge on any atom is -0.468 e. The van der Waals surface area contributed by atoms with Crippen LogP contribution < -0.4 is 5.32 Å². The molecule has 2 aromatic rings. The van der Waals surface area contributed by atoms with Crippen LogP contribution in [0.25, 0.3) is 0 Å². The fourth-order valence-electron chi connectivity index (χ4n) is 5.45. The van der Waals surface area contributed by atoms with Crippen molar-refractivity contribution in [1.82, 2.24) is 20.0 Å². The Morgan fingerprint density at radius 1 is 1.06 bits per heavy atom. The van der Waals surface area contributed by atoms with Crippen molar-refractivity contribution in [2.24, 2.45) is 0 Å². The van der Waals surface area contributed by atoms with E-state index in [1.54, 1.807) is 17.0 Å². The maximum Gasteiger partial charge on any atom is 0.327 e. The molecule has 0 aromatic heterocycles. The number of benzene rings is 2. The van der Waals surface area contributed by atoms with Crippen molar-refractivity contribution in [3.8, 4) is 0 Å². The van der Waals surface area contributed by atoms with Crippen molar-refractivity contribution in [3.63, 3.8) is 0 Å². The largest absolute Gasteiger partial charge is 0.468 e. The molecule has 1 aliphatic carbocycles. The normalized spacial score (nSPS) is 22.5. The zero-order chi connectivity index (χ0) is 25.4. The summed E-state index contributed by atoms with van der Waals surface area (Å²) in [7, 11) is 1.30. The summed E-state index contributed by atoms with van der Waals surface area (Å²) in [6.07, 6.45) is 1.15. The van der Waals surface area contributed by atoms with Crippen LogP contribution >= 0.6 is 0 Å². The number of amides is 4. The Labute approximate surface area is 207 Å². The second kappa shape index (κ2) is 9.34. The number of methoxy groups -OCH3 is 1. The summed E-state index contributed by atoms with van der Waals surface area (Å²) in [4.78, 5) is 56.1. The number of imide groups is 1. The number of halogens is 1. The number of piperazine rings is 1. The van der Waals surface area contributed by atoms with Crippen LogP contribution in [0.15, 0.2) is 48.5 Å². The highest BCUT2D eigenvalue weighted by atomic mass is 19.1. The molecule has 0 unspecified atom stereocenters. The average Bonchev–Trinajstić information content (AvgIpc) is 3.38. The summed E-state index contributed by atoms with van der Waals surface area (Å²) in [6.45, 7) is 1.03. The Morgan fingerprint density at radius 3 is 2.44 bits per heavy atom. The van der Waals surface area contributed by atoms with Crippen LogP contribution in [-0.2, 0) is 31.1 Å². The van der Waals surface area contributed by atoms with Crippen molar-refractivity contribution < 1.29 is 28.3 Å². The molecule has 2 saturated heterocycles. The molecule has 0 bridgehead atoms. The molecule has 0 saturated carbocycles. The molecule has 0 radical (unpaired) electrons. The van der Waals surface area contributed by atoms with Gasteiger partial charge in [-0.3, -0.25) is 19.4 Å². The lowest BCUT2D eigenvalue weighted by Gasteiger charge is -2.38. The zero-order valence-corrected chi connectivity index (χ0v) is 19.9. The molecule has 2 aromatic carbocycles. The second-order valence-corrected chi connectivity index (χ2v) is 9.28. The fourth-order valence-corrected chi connectivity index (χ4v) is 5.45. The molecule has 4 amide bonds. The van der Waals surface area contributed by atoms with Crippen LogP contribution in [-0.4, -0.2) is 78.3 Å². The summed E-state index contributed by atoms with van der Waals surface area (Å²) in [5.41, 5.74) is 1.32. The van der Waals surface area contributed by atoms with Gasteiger partial charge in [-0.1, -0.05) is 36.4 Å². The highest BCUT2D eigenvalue weighted by Crippen LogP contribution is 2.41. The summed E-state index contributed by atoms with van der Waals surface area (Å²) in [5.74, 6) is -1.60. The molecule has 2 aliphatic heterocycles. The Morgan fingerprint density at radius 2 is 1.75 bits per heavy atom. The standard InChI is InChI=1S/C26H27FN4O5/c1-36-23(33)22(18-6-8-19(27)9-7-18)30-14-12-29(13-15-30)21(32)16-31-24(34)26(28-25(31)35)11-10-17-4-2-3-5-20(17)26/h2-9,22H,10-16H2,1H3,(H,28,35)/t22-,26+/m1/s1. The number of carbonyl (C=O) groups excluding carboxylic acids is 4. The molecule has 188 valence electrons. The van der Waals surface area contributed by atoms with Crippen molar-refractivity contribution in [1.29, 1.82) is 0 Å². The van der Waals surface area contributed by atoms with Gasteiger partial charge in [0.25, 0.3) is 5.91 Å². The lowest BCUT2D eigenvalue weighted by atomic mass is 9.92. The van der Waals surface area contributed by atoms with Gasteiger partial charge >= 0.3 is 12.0 Å². The van der Waals surface area contributed by atoms with E-state index >= 15 is 0 Å². The van der Waals surface area contributed by atoms with Crippen molar-refractivity contribution >= 4 is 23.8 Å². The number of carbonyl (C=O) groups is 4. The van der Waals surface area contributed by atoms with E-state index in [-0.39, 0.29) is 12.5 Å². The van der Waals surface area contributed by atoms with Gasteiger partial charge < -0.3 is 15.0 Å². The third-order valence-corrected chi connectivity index (χ3v) is 7.36. The number of nitrogens with one attached hydrogen (secondary N) is 1. The van der Waals surface area contributed by atoms with Crippen molar-refractivity contribution in [2.45, 2.75) is 24.4 Å². The number of fused-ring (bicyclic) bond motifs is 2. The first-order valence-corrected chi connectivity index (χ1v) is 11.9. The average molecular weight is 495 g/mol. The van der Waals surface area contributed by atoms with E-state index in [1.165, 1.54) is 19.2 Å². The first kappa shape index (κ1) is 23.9. The van der Waals surface area contributed by atoms with Gasteiger partial charge in [-0.05, 0) is 41.7 Å². The Hall–Kier alpha value is -3.79. The van der Waals surface area contributed by atoms with Gasteiger partial charge in [-0.15, -0.1) is 0 Å². The second-order valence-electron chi connectivity index (χ2n) is 9.28. The van der Waals surface area contributed by atoms with E-state index in [4.69, 9.17) is 4.74 Å². The molecular formula is C26H27FN4O5. The molecule has 2 heterocycles. The third kappa shape index (κ3) is 4.01. The molecule has 9 nitrogen and oxygen atoms in total. The Balaban J connectivity index is 1.24. The summed E-state index contributed by atoms with van der Waals surface area (Å²) in [6, 6.07) is 11.9. The lowest BCUT2D eigenvalue weighted by molar-refractivity contribution is -0.149. The minimum atomic E-state index is -1.10. The number of urea groups is 1. The maximum absolute atomic E-state index is 13.4. The van der Waals surface area contributed by atoms with Gasteiger partial charge in [0.2, 0.25) is 5.91 Å². The molecule has 3 aliphatic rings. The third-order valence-electron chi connectivity index (χ3n) is 7.36. The minimum absolute atomic E-state index is 0.311. The van der Waals surface area contributed by atoms with Crippen LogP contribution in [0.3, 0.4) is 0 Å². The number of hydrogen-bond donors (Lipinski definition) is 1. The quantitative estimate of drug-likeness (QED) is 0.501. The van der Waals surface area contributed by atoms with Crippen LogP contribution in [0.4, 0.5) is 9.18 Å². The van der Waals surface area contributed by atoms with E-state index in [0.29, 0.717) is 44.6 Å². The van der Waals surface area contributed by atoms with Gasteiger partial charge in [0.05, 0.1) is 7.11 Å². The lowest BCUT2D eigenvalue weighted by Crippen LogP contribution is -2.53. The first-order valence-electron chi connectivity index (χ1n) is 11.9. The monoisotopic (exact) mass is 494 g/mol. The predicted octanol–water partition coefficient (Wildman–Crippen LogP) is 1.58. The molecule has 5 rings (SSSR count). The Bertz CT molecular complexity index is 1210. The van der Waals surface area contributed by atoms with E-state index in [9.17, 15) is 23.6 Å². The topological polar surface area (TPSA) is 99.3 Å². The van der Waals surface area contributed by atoms with Crippen molar-refractivity contribution in [3.05, 3.63) is 71.0 Å². The number of aryl methyl sites for hydroxylation is 1. The smallest absolute Gasteiger partial charge is 0.327 e.